The van der Waals surface area contributed by atoms with Crippen molar-refractivity contribution in [1.82, 2.24) is 5.32 Å². The Bertz CT molecular complexity index is 403. The van der Waals surface area contributed by atoms with Gasteiger partial charge in [0.2, 0.25) is 0 Å². The first-order valence-corrected chi connectivity index (χ1v) is 5.99. The Hall–Kier alpha value is -0.820. The molecule has 0 aliphatic rings. The number of carbonyl (C=O) groups is 1. The standard InChI is InChI=1S/C10H12BrClN2O3/c11-8-2-1-6(3-9(8)12)14-10(17)13-4-7(16)5-15/h1-3,7,15-16H,4-5H2,(H2,13,14,17). The SMILES string of the molecule is O=C(NCC(O)CO)Nc1ccc(Br)c(Cl)c1. The monoisotopic (exact) mass is 322 g/mol. The molecule has 4 N–H and O–H groups in total. The quantitative estimate of drug-likeness (QED) is 0.679. The number of amides is 2. The maximum Gasteiger partial charge on any atom is 0.319 e. The molecule has 5 nitrogen and oxygen atoms in total. The Morgan fingerprint density at radius 1 is 1.53 bits per heavy atom. The van der Waals surface area contributed by atoms with Crippen LogP contribution in [0.4, 0.5) is 10.5 Å². The van der Waals surface area contributed by atoms with E-state index in [0.29, 0.717) is 10.7 Å². The van der Waals surface area contributed by atoms with Crippen LogP contribution >= 0.6 is 27.5 Å². The molecular weight excluding hydrogens is 311 g/mol. The summed E-state index contributed by atoms with van der Waals surface area (Å²) in [5.74, 6) is 0. The van der Waals surface area contributed by atoms with Crippen LogP contribution in [0.3, 0.4) is 0 Å². The fourth-order valence-corrected chi connectivity index (χ4v) is 1.45. The highest BCUT2D eigenvalue weighted by atomic mass is 79.9. The lowest BCUT2D eigenvalue weighted by molar-refractivity contribution is 0.0965. The Kier molecular flexibility index (Phi) is 5.70. The summed E-state index contributed by atoms with van der Waals surface area (Å²) in [7, 11) is 0. The van der Waals surface area contributed by atoms with Crippen molar-refractivity contribution in [3.05, 3.63) is 27.7 Å². The van der Waals surface area contributed by atoms with Crippen molar-refractivity contribution in [2.45, 2.75) is 6.10 Å². The van der Waals surface area contributed by atoms with Gasteiger partial charge in [-0.15, -0.1) is 0 Å². The number of anilines is 1. The van der Waals surface area contributed by atoms with E-state index in [2.05, 4.69) is 26.6 Å². The van der Waals surface area contributed by atoms with Gasteiger partial charge in [0.25, 0.3) is 0 Å². The zero-order valence-electron chi connectivity index (χ0n) is 8.78. The molecule has 0 heterocycles. The van der Waals surface area contributed by atoms with Gasteiger partial charge in [-0.2, -0.15) is 0 Å². The first-order valence-electron chi connectivity index (χ1n) is 4.81. The second-order valence-electron chi connectivity index (χ2n) is 3.30. The molecule has 17 heavy (non-hydrogen) atoms. The van der Waals surface area contributed by atoms with Crippen LogP contribution in [0.1, 0.15) is 0 Å². The van der Waals surface area contributed by atoms with Crippen LogP contribution in [0, 0.1) is 0 Å². The van der Waals surface area contributed by atoms with E-state index in [4.69, 9.17) is 21.8 Å². The van der Waals surface area contributed by atoms with Crippen LogP contribution in [0.2, 0.25) is 5.02 Å². The van der Waals surface area contributed by atoms with E-state index in [1.165, 1.54) is 0 Å². The highest BCUT2D eigenvalue weighted by Gasteiger charge is 2.06. The molecule has 1 rings (SSSR count). The summed E-state index contributed by atoms with van der Waals surface area (Å²) >= 11 is 9.09. The van der Waals surface area contributed by atoms with Crippen LogP contribution in [-0.4, -0.2) is 35.5 Å². The van der Waals surface area contributed by atoms with Crippen molar-refractivity contribution in [3.63, 3.8) is 0 Å². The van der Waals surface area contributed by atoms with Gasteiger partial charge in [-0.05, 0) is 34.1 Å². The van der Waals surface area contributed by atoms with Crippen molar-refractivity contribution < 1.29 is 15.0 Å². The number of hydrogen-bond donors (Lipinski definition) is 4. The highest BCUT2D eigenvalue weighted by Crippen LogP contribution is 2.25. The Morgan fingerprint density at radius 3 is 2.82 bits per heavy atom. The number of halogens is 2. The molecule has 1 aromatic carbocycles. The summed E-state index contributed by atoms with van der Waals surface area (Å²) in [4.78, 5) is 11.4. The van der Waals surface area contributed by atoms with Crippen LogP contribution in [0.5, 0.6) is 0 Å². The molecule has 0 spiro atoms. The van der Waals surface area contributed by atoms with Gasteiger partial charge < -0.3 is 20.8 Å². The number of benzene rings is 1. The molecule has 1 unspecified atom stereocenters. The number of nitrogens with one attached hydrogen (secondary N) is 2. The number of aliphatic hydroxyl groups excluding tert-OH is 2. The maximum absolute atomic E-state index is 11.4. The molecule has 2 amide bonds. The molecule has 0 bridgehead atoms. The summed E-state index contributed by atoms with van der Waals surface area (Å²) in [6, 6.07) is 4.50. The van der Waals surface area contributed by atoms with Gasteiger partial charge in [0, 0.05) is 16.7 Å². The molecule has 0 aliphatic heterocycles. The normalized spacial score (nSPS) is 12.0. The highest BCUT2D eigenvalue weighted by molar-refractivity contribution is 9.10. The predicted molar refractivity (Wildman–Crippen MR) is 69.3 cm³/mol. The summed E-state index contributed by atoms with van der Waals surface area (Å²) in [6.45, 7) is -0.420. The predicted octanol–water partition coefficient (Wildman–Crippen LogP) is 1.58. The van der Waals surface area contributed by atoms with Gasteiger partial charge >= 0.3 is 6.03 Å². The Morgan fingerprint density at radius 2 is 2.24 bits per heavy atom. The van der Waals surface area contributed by atoms with Crippen LogP contribution in [0.15, 0.2) is 22.7 Å². The molecule has 0 aromatic heterocycles. The molecule has 0 fully saturated rings. The van der Waals surface area contributed by atoms with Crippen molar-refractivity contribution in [1.29, 1.82) is 0 Å². The Labute approximate surface area is 112 Å². The molecule has 0 saturated heterocycles. The lowest BCUT2D eigenvalue weighted by Gasteiger charge is -2.10. The van der Waals surface area contributed by atoms with E-state index in [-0.39, 0.29) is 6.54 Å². The zero-order chi connectivity index (χ0) is 12.8. The van der Waals surface area contributed by atoms with Gasteiger partial charge in [0.1, 0.15) is 0 Å². The minimum atomic E-state index is -0.964. The van der Waals surface area contributed by atoms with Crippen LogP contribution in [-0.2, 0) is 0 Å². The molecule has 0 radical (unpaired) electrons. The summed E-state index contributed by atoms with van der Waals surface area (Å²) in [6.07, 6.45) is -0.964. The van der Waals surface area contributed by atoms with Crippen molar-refractivity contribution >= 4 is 39.2 Å². The third-order valence-electron chi connectivity index (χ3n) is 1.89. The van der Waals surface area contributed by atoms with E-state index in [1.54, 1.807) is 18.2 Å². The number of carbonyl (C=O) groups excluding carboxylic acids is 1. The lowest BCUT2D eigenvalue weighted by Crippen LogP contribution is -2.36. The number of hydrogen-bond acceptors (Lipinski definition) is 3. The maximum atomic E-state index is 11.4. The first-order chi connectivity index (χ1) is 8.02. The molecule has 0 aliphatic carbocycles. The van der Waals surface area contributed by atoms with E-state index < -0.39 is 18.7 Å². The van der Waals surface area contributed by atoms with E-state index >= 15 is 0 Å². The molecular formula is C10H12BrClN2O3. The van der Waals surface area contributed by atoms with E-state index in [0.717, 1.165) is 4.47 Å². The summed E-state index contributed by atoms with van der Waals surface area (Å²) in [5.41, 5.74) is 0.536. The number of rotatable bonds is 4. The topological polar surface area (TPSA) is 81.6 Å². The zero-order valence-corrected chi connectivity index (χ0v) is 11.1. The second kappa shape index (κ2) is 6.80. The lowest BCUT2D eigenvalue weighted by atomic mass is 10.3. The number of urea groups is 1. The van der Waals surface area contributed by atoms with Crippen LogP contribution < -0.4 is 10.6 Å². The van der Waals surface area contributed by atoms with Gasteiger partial charge in [0.05, 0.1) is 17.7 Å². The van der Waals surface area contributed by atoms with E-state index in [9.17, 15) is 4.79 Å². The molecule has 1 aromatic rings. The minimum absolute atomic E-state index is 0.0212. The fourth-order valence-electron chi connectivity index (χ4n) is 1.02. The summed E-state index contributed by atoms with van der Waals surface area (Å²) < 4.78 is 0.737. The molecule has 94 valence electrons. The smallest absolute Gasteiger partial charge is 0.319 e. The third kappa shape index (κ3) is 4.91. The van der Waals surface area contributed by atoms with Gasteiger partial charge in [-0.3, -0.25) is 0 Å². The van der Waals surface area contributed by atoms with Gasteiger partial charge in [-0.25, -0.2) is 4.79 Å². The van der Waals surface area contributed by atoms with Gasteiger partial charge in [-0.1, -0.05) is 11.6 Å². The van der Waals surface area contributed by atoms with Gasteiger partial charge in [0.15, 0.2) is 0 Å². The second-order valence-corrected chi connectivity index (χ2v) is 4.56. The molecule has 1 atom stereocenters. The minimum Gasteiger partial charge on any atom is -0.394 e. The van der Waals surface area contributed by atoms with Crippen LogP contribution in [0.25, 0.3) is 0 Å². The number of aliphatic hydroxyl groups is 2. The average Bonchev–Trinajstić information content (AvgIpc) is 2.31. The fraction of sp³-hybridized carbons (Fsp3) is 0.300. The molecule has 0 saturated carbocycles. The third-order valence-corrected chi connectivity index (χ3v) is 3.12. The Balaban J connectivity index is 2.48. The largest absolute Gasteiger partial charge is 0.394 e. The van der Waals surface area contributed by atoms with E-state index in [1.807, 2.05) is 0 Å². The summed E-state index contributed by atoms with van der Waals surface area (Å²) in [5, 5.41) is 23.0. The van der Waals surface area contributed by atoms with Crippen molar-refractivity contribution in [2.24, 2.45) is 0 Å². The first kappa shape index (κ1) is 14.2. The molecule has 7 heteroatoms. The van der Waals surface area contributed by atoms with Crippen molar-refractivity contribution in [2.75, 3.05) is 18.5 Å². The average molecular weight is 324 g/mol. The van der Waals surface area contributed by atoms with Crippen molar-refractivity contribution in [3.8, 4) is 0 Å².